The maximum absolute atomic E-state index is 12.2. The summed E-state index contributed by atoms with van der Waals surface area (Å²) in [6, 6.07) is 15.3. The van der Waals surface area contributed by atoms with Crippen molar-refractivity contribution in [2.24, 2.45) is 0 Å². The number of rotatable bonds is 7. The summed E-state index contributed by atoms with van der Waals surface area (Å²) in [7, 11) is 0. The Morgan fingerprint density at radius 1 is 1.19 bits per heavy atom. The summed E-state index contributed by atoms with van der Waals surface area (Å²) in [6.45, 7) is 4.42. The molecule has 0 radical (unpaired) electrons. The number of carbonyl (C=O) groups excluding carboxylic acids is 1. The molecule has 1 N–H and O–H groups in total. The topological polar surface area (TPSA) is 81.9 Å². The number of benzene rings is 2. The maximum atomic E-state index is 12.2. The first kappa shape index (κ1) is 17.6. The van der Waals surface area contributed by atoms with Crippen molar-refractivity contribution in [3.63, 3.8) is 0 Å². The van der Waals surface area contributed by atoms with Crippen LogP contribution in [-0.4, -0.2) is 32.7 Å². The van der Waals surface area contributed by atoms with Gasteiger partial charge < -0.3 is 10.1 Å². The zero-order valence-electron chi connectivity index (χ0n) is 14.8. The number of hydrogen-bond acceptors (Lipinski definition) is 5. The molecule has 0 atom stereocenters. The lowest BCUT2D eigenvalue weighted by molar-refractivity contribution is -0.116. The van der Waals surface area contributed by atoms with Gasteiger partial charge in [-0.1, -0.05) is 18.2 Å². The van der Waals surface area contributed by atoms with E-state index in [2.05, 4.69) is 20.8 Å². The summed E-state index contributed by atoms with van der Waals surface area (Å²) in [5, 5.41) is 14.4. The molecule has 1 amide bonds. The molecule has 134 valence electrons. The van der Waals surface area contributed by atoms with Crippen LogP contribution in [0.4, 0.5) is 5.69 Å². The number of amides is 1. The number of ether oxygens (including phenoxy) is 1. The molecule has 3 rings (SSSR count). The number of tetrazole rings is 1. The van der Waals surface area contributed by atoms with Crippen LogP contribution in [0.25, 0.3) is 5.69 Å². The summed E-state index contributed by atoms with van der Waals surface area (Å²) in [5.41, 5.74) is 2.62. The molecule has 0 aliphatic rings. The van der Waals surface area contributed by atoms with E-state index < -0.39 is 0 Å². The largest absolute Gasteiger partial charge is 0.494 e. The minimum Gasteiger partial charge on any atom is -0.494 e. The standard InChI is InChI=1S/C19H21N5O2/c1-3-26-18-10-7-15(8-11-18)9-12-19(25)20-16-5-4-6-17(13-16)24-14(2)21-22-23-24/h4-8,10-11,13H,3,9,12H2,1-2H3,(H,20,25). The first-order valence-electron chi connectivity index (χ1n) is 8.52. The number of nitrogens with zero attached hydrogens (tertiary/aromatic N) is 4. The molecule has 0 unspecified atom stereocenters. The first-order valence-corrected chi connectivity index (χ1v) is 8.52. The lowest BCUT2D eigenvalue weighted by atomic mass is 10.1. The van der Waals surface area contributed by atoms with Gasteiger partial charge in [-0.05, 0) is 66.6 Å². The van der Waals surface area contributed by atoms with Crippen LogP contribution in [-0.2, 0) is 11.2 Å². The smallest absolute Gasteiger partial charge is 0.224 e. The molecule has 2 aromatic carbocycles. The second kappa shape index (κ2) is 8.24. The molecule has 0 aliphatic heterocycles. The van der Waals surface area contributed by atoms with Gasteiger partial charge in [0.05, 0.1) is 12.3 Å². The molecule has 0 saturated heterocycles. The van der Waals surface area contributed by atoms with Crippen molar-refractivity contribution >= 4 is 11.6 Å². The van der Waals surface area contributed by atoms with Gasteiger partial charge in [0.25, 0.3) is 0 Å². The Hall–Kier alpha value is -3.22. The number of hydrogen-bond donors (Lipinski definition) is 1. The van der Waals surface area contributed by atoms with Crippen LogP contribution in [0.3, 0.4) is 0 Å². The number of nitrogens with one attached hydrogen (secondary N) is 1. The molecule has 0 saturated carbocycles. The third-order valence-corrected chi connectivity index (χ3v) is 3.87. The Bertz CT molecular complexity index is 874. The van der Waals surface area contributed by atoms with E-state index in [9.17, 15) is 4.79 Å². The number of aromatic nitrogens is 4. The van der Waals surface area contributed by atoms with Gasteiger partial charge in [0, 0.05) is 12.1 Å². The lowest BCUT2D eigenvalue weighted by Gasteiger charge is -2.08. The van der Waals surface area contributed by atoms with E-state index in [-0.39, 0.29) is 5.91 Å². The number of carbonyl (C=O) groups is 1. The summed E-state index contributed by atoms with van der Waals surface area (Å²) >= 11 is 0. The molecule has 7 heteroatoms. The van der Waals surface area contributed by atoms with Gasteiger partial charge in [0.15, 0.2) is 5.82 Å². The summed E-state index contributed by atoms with van der Waals surface area (Å²) in [4.78, 5) is 12.2. The van der Waals surface area contributed by atoms with Crippen LogP contribution in [0.15, 0.2) is 48.5 Å². The van der Waals surface area contributed by atoms with Gasteiger partial charge in [0.2, 0.25) is 5.91 Å². The first-order chi connectivity index (χ1) is 12.7. The van der Waals surface area contributed by atoms with Crippen molar-refractivity contribution in [2.75, 3.05) is 11.9 Å². The predicted molar refractivity (Wildman–Crippen MR) is 98.5 cm³/mol. The predicted octanol–water partition coefficient (Wildman–Crippen LogP) is 2.94. The second-order valence-electron chi connectivity index (χ2n) is 5.81. The third kappa shape index (κ3) is 4.44. The van der Waals surface area contributed by atoms with Crippen molar-refractivity contribution in [3.8, 4) is 11.4 Å². The molecule has 7 nitrogen and oxygen atoms in total. The van der Waals surface area contributed by atoms with Gasteiger partial charge in [-0.2, -0.15) is 4.68 Å². The Morgan fingerprint density at radius 3 is 2.69 bits per heavy atom. The quantitative estimate of drug-likeness (QED) is 0.708. The minimum atomic E-state index is -0.0375. The van der Waals surface area contributed by atoms with Crippen LogP contribution in [0.1, 0.15) is 24.7 Å². The van der Waals surface area contributed by atoms with Gasteiger partial charge in [-0.15, -0.1) is 5.10 Å². The Labute approximate surface area is 152 Å². The maximum Gasteiger partial charge on any atom is 0.224 e. The molecular weight excluding hydrogens is 330 g/mol. The highest BCUT2D eigenvalue weighted by Gasteiger charge is 2.07. The zero-order chi connectivity index (χ0) is 18.4. The average Bonchev–Trinajstić information content (AvgIpc) is 3.08. The van der Waals surface area contributed by atoms with Crippen molar-refractivity contribution < 1.29 is 9.53 Å². The normalized spacial score (nSPS) is 10.5. The molecule has 1 heterocycles. The van der Waals surface area contributed by atoms with E-state index in [0.717, 1.165) is 17.0 Å². The van der Waals surface area contributed by atoms with E-state index in [4.69, 9.17) is 4.74 Å². The molecule has 0 bridgehead atoms. The Kier molecular flexibility index (Phi) is 5.58. The summed E-state index contributed by atoms with van der Waals surface area (Å²) in [5.74, 6) is 1.49. The molecule has 1 aromatic heterocycles. The van der Waals surface area contributed by atoms with E-state index in [1.54, 1.807) is 4.68 Å². The van der Waals surface area contributed by atoms with Crippen LogP contribution in [0.2, 0.25) is 0 Å². The SMILES string of the molecule is CCOc1ccc(CCC(=O)Nc2cccc(-n3nnnc3C)c2)cc1. The van der Waals surface area contributed by atoms with Crippen LogP contribution in [0, 0.1) is 6.92 Å². The molecule has 0 aliphatic carbocycles. The minimum absolute atomic E-state index is 0.0375. The highest BCUT2D eigenvalue weighted by Crippen LogP contribution is 2.16. The van der Waals surface area contributed by atoms with Crippen molar-refractivity contribution in [1.29, 1.82) is 0 Å². The number of anilines is 1. The highest BCUT2D eigenvalue weighted by molar-refractivity contribution is 5.91. The summed E-state index contributed by atoms with van der Waals surface area (Å²) < 4.78 is 7.04. The Balaban J connectivity index is 1.57. The fourth-order valence-electron chi connectivity index (χ4n) is 2.59. The van der Waals surface area contributed by atoms with E-state index in [1.165, 1.54) is 0 Å². The monoisotopic (exact) mass is 351 g/mol. The van der Waals surface area contributed by atoms with E-state index >= 15 is 0 Å². The fraction of sp³-hybridized carbons (Fsp3) is 0.263. The molecule has 26 heavy (non-hydrogen) atoms. The van der Waals surface area contributed by atoms with E-state index in [0.29, 0.717) is 31.0 Å². The van der Waals surface area contributed by atoms with E-state index in [1.807, 2.05) is 62.4 Å². The molecule has 3 aromatic rings. The second-order valence-corrected chi connectivity index (χ2v) is 5.81. The molecule has 0 fully saturated rings. The fourth-order valence-corrected chi connectivity index (χ4v) is 2.59. The van der Waals surface area contributed by atoms with Crippen LogP contribution < -0.4 is 10.1 Å². The summed E-state index contributed by atoms with van der Waals surface area (Å²) in [6.07, 6.45) is 1.08. The average molecular weight is 351 g/mol. The van der Waals surface area contributed by atoms with Crippen molar-refractivity contribution in [3.05, 3.63) is 59.9 Å². The van der Waals surface area contributed by atoms with Gasteiger partial charge in [0.1, 0.15) is 5.75 Å². The van der Waals surface area contributed by atoms with Gasteiger partial charge in [-0.25, -0.2) is 0 Å². The number of aryl methyl sites for hydroxylation is 2. The molecular formula is C19H21N5O2. The lowest BCUT2D eigenvalue weighted by Crippen LogP contribution is -2.12. The van der Waals surface area contributed by atoms with Gasteiger partial charge >= 0.3 is 0 Å². The highest BCUT2D eigenvalue weighted by atomic mass is 16.5. The van der Waals surface area contributed by atoms with Gasteiger partial charge in [-0.3, -0.25) is 4.79 Å². The Morgan fingerprint density at radius 2 is 2.00 bits per heavy atom. The van der Waals surface area contributed by atoms with Crippen molar-refractivity contribution in [1.82, 2.24) is 20.2 Å². The molecule has 0 spiro atoms. The third-order valence-electron chi connectivity index (χ3n) is 3.87. The van der Waals surface area contributed by atoms with Crippen molar-refractivity contribution in [2.45, 2.75) is 26.7 Å². The van der Waals surface area contributed by atoms with Crippen LogP contribution in [0.5, 0.6) is 5.75 Å². The van der Waals surface area contributed by atoms with Crippen LogP contribution >= 0.6 is 0 Å². The zero-order valence-corrected chi connectivity index (χ0v) is 14.8.